The molecule has 64 heavy (non-hydrogen) atoms. The minimum atomic E-state index is -0.627. The van der Waals surface area contributed by atoms with Crippen molar-refractivity contribution in [2.45, 2.75) is 12.8 Å². The molecule has 0 unspecified atom stereocenters. The summed E-state index contributed by atoms with van der Waals surface area (Å²) in [6.45, 7) is 0. The average Bonchev–Trinajstić information content (AvgIpc) is 3.67. The van der Waals surface area contributed by atoms with Gasteiger partial charge in [-0.2, -0.15) is 0 Å². The van der Waals surface area contributed by atoms with Crippen LogP contribution in [0.5, 0.6) is 0 Å². The summed E-state index contributed by atoms with van der Waals surface area (Å²) in [6.07, 6.45) is 0. The van der Waals surface area contributed by atoms with E-state index in [-0.39, 0.29) is 7.43 Å². The largest absolute Gasteiger partial charge is 0.310 e. The minimum Gasteiger partial charge on any atom is -0.310 e. The SMILES string of the molecule is C.c1ccc(-c2ccc(N(c3ccccc3)c3cc(N(c4ccccc4)c4ccc(-c5ccccc5)cc4)c4c(c3)C(c3ccccc3)(c3ccccc3)c3ccccc3-4)cc2)cc1. The lowest BCUT2D eigenvalue weighted by molar-refractivity contribution is 0.768. The molecule has 10 aromatic rings. The zero-order valence-corrected chi connectivity index (χ0v) is 34.8. The summed E-state index contributed by atoms with van der Waals surface area (Å²) in [5.41, 5.74) is 18.0. The molecule has 0 N–H and O–H groups in total. The summed E-state index contributed by atoms with van der Waals surface area (Å²) >= 11 is 0. The van der Waals surface area contributed by atoms with Crippen LogP contribution >= 0.6 is 0 Å². The first-order valence-electron chi connectivity index (χ1n) is 21.7. The molecule has 0 atom stereocenters. The number of rotatable bonds is 10. The fourth-order valence-electron chi connectivity index (χ4n) is 9.73. The predicted octanol–water partition coefficient (Wildman–Crippen LogP) is 17.0. The lowest BCUT2D eigenvalue weighted by Gasteiger charge is -2.36. The molecular weight excluding hydrogens is 773 g/mol. The Hall–Kier alpha value is -8.20. The van der Waals surface area contributed by atoms with Gasteiger partial charge >= 0.3 is 0 Å². The van der Waals surface area contributed by atoms with E-state index in [1.54, 1.807) is 0 Å². The van der Waals surface area contributed by atoms with Crippen molar-refractivity contribution in [1.29, 1.82) is 0 Å². The van der Waals surface area contributed by atoms with Crippen LogP contribution in [0.2, 0.25) is 0 Å². The van der Waals surface area contributed by atoms with Crippen molar-refractivity contribution in [3.8, 4) is 33.4 Å². The standard InChI is InChI=1S/C61H44N2.CH4/c1-7-21-45(22-8-1)47-35-39-53(40-36-47)62(51-29-15-5-16-30-51)55-43-58-60(56-33-19-20-34-57(56)61(58,49-25-11-3-12-26-49)50-27-13-4-14-28-50)59(44-55)63(52-31-17-6-18-32-52)54-41-37-48(38-42-54)46-23-9-2-10-24-46;/h1-44H;1H4. The lowest BCUT2D eigenvalue weighted by atomic mass is 9.67. The fourth-order valence-corrected chi connectivity index (χ4v) is 9.73. The van der Waals surface area contributed by atoms with Crippen molar-refractivity contribution in [2.75, 3.05) is 9.80 Å². The molecule has 306 valence electrons. The number of hydrogen-bond acceptors (Lipinski definition) is 2. The lowest BCUT2D eigenvalue weighted by Crippen LogP contribution is -2.29. The molecule has 11 rings (SSSR count). The van der Waals surface area contributed by atoms with Gasteiger partial charge in [0.05, 0.1) is 11.1 Å². The predicted molar refractivity (Wildman–Crippen MR) is 271 cm³/mol. The van der Waals surface area contributed by atoms with Crippen LogP contribution in [0.3, 0.4) is 0 Å². The Bertz CT molecular complexity index is 3070. The van der Waals surface area contributed by atoms with Crippen molar-refractivity contribution in [2.24, 2.45) is 0 Å². The van der Waals surface area contributed by atoms with Crippen LogP contribution in [0.1, 0.15) is 29.7 Å². The van der Waals surface area contributed by atoms with Gasteiger partial charge in [-0.15, -0.1) is 0 Å². The van der Waals surface area contributed by atoms with Gasteiger partial charge in [-0.1, -0.05) is 214 Å². The number of benzene rings is 10. The van der Waals surface area contributed by atoms with Crippen LogP contribution in [0, 0.1) is 0 Å². The number of hydrogen-bond donors (Lipinski definition) is 0. The molecule has 2 heteroatoms. The molecule has 0 radical (unpaired) electrons. The van der Waals surface area contributed by atoms with Gasteiger partial charge in [-0.25, -0.2) is 0 Å². The Kier molecular flexibility index (Phi) is 10.8. The van der Waals surface area contributed by atoms with E-state index in [0.29, 0.717) is 0 Å². The third-order valence-corrected chi connectivity index (χ3v) is 12.5. The Balaban J connectivity index is 0.00000484. The van der Waals surface area contributed by atoms with Crippen LogP contribution in [-0.4, -0.2) is 0 Å². The van der Waals surface area contributed by atoms with Crippen LogP contribution in [-0.2, 0) is 5.41 Å². The van der Waals surface area contributed by atoms with Crippen molar-refractivity contribution < 1.29 is 0 Å². The normalized spacial score (nSPS) is 12.1. The molecule has 10 aromatic carbocycles. The second-order valence-corrected chi connectivity index (χ2v) is 16.1. The van der Waals surface area contributed by atoms with E-state index in [0.717, 1.165) is 34.1 Å². The molecule has 0 saturated heterocycles. The topological polar surface area (TPSA) is 6.48 Å². The number of anilines is 6. The molecule has 0 spiro atoms. The van der Waals surface area contributed by atoms with Crippen LogP contribution < -0.4 is 9.80 Å². The first kappa shape index (κ1) is 39.9. The molecule has 0 bridgehead atoms. The highest BCUT2D eigenvalue weighted by Crippen LogP contribution is 2.61. The maximum atomic E-state index is 2.47. The van der Waals surface area contributed by atoms with E-state index >= 15 is 0 Å². The van der Waals surface area contributed by atoms with Gasteiger partial charge in [0.1, 0.15) is 0 Å². The van der Waals surface area contributed by atoms with Crippen LogP contribution in [0.25, 0.3) is 33.4 Å². The van der Waals surface area contributed by atoms with Gasteiger partial charge in [0.2, 0.25) is 0 Å². The van der Waals surface area contributed by atoms with Crippen LogP contribution in [0.4, 0.5) is 34.1 Å². The Morgan fingerprint density at radius 1 is 0.266 bits per heavy atom. The van der Waals surface area contributed by atoms with Gasteiger partial charge in [0.25, 0.3) is 0 Å². The second kappa shape index (κ2) is 17.3. The van der Waals surface area contributed by atoms with E-state index in [9.17, 15) is 0 Å². The number of fused-ring (bicyclic) bond motifs is 3. The molecule has 0 aliphatic heterocycles. The van der Waals surface area contributed by atoms with E-state index in [2.05, 4.69) is 277 Å². The van der Waals surface area contributed by atoms with Gasteiger partial charge < -0.3 is 9.80 Å². The number of para-hydroxylation sites is 2. The summed E-state index contributed by atoms with van der Waals surface area (Å²) in [4.78, 5) is 4.88. The first-order valence-corrected chi connectivity index (χ1v) is 21.7. The van der Waals surface area contributed by atoms with Gasteiger partial charge in [-0.3, -0.25) is 0 Å². The maximum absolute atomic E-state index is 2.47. The Morgan fingerprint density at radius 2 is 0.625 bits per heavy atom. The molecular formula is C62H48N2. The molecule has 0 amide bonds. The summed E-state index contributed by atoms with van der Waals surface area (Å²) in [6, 6.07) is 97.1. The highest BCUT2D eigenvalue weighted by atomic mass is 15.2. The molecule has 0 fully saturated rings. The first-order chi connectivity index (χ1) is 31.3. The zero-order chi connectivity index (χ0) is 42.0. The Morgan fingerprint density at radius 3 is 1.11 bits per heavy atom. The highest BCUT2D eigenvalue weighted by molar-refractivity contribution is 6.00. The summed E-state index contributed by atoms with van der Waals surface area (Å²) in [7, 11) is 0. The van der Waals surface area contributed by atoms with Gasteiger partial charge in [0.15, 0.2) is 0 Å². The van der Waals surface area contributed by atoms with E-state index < -0.39 is 5.41 Å². The average molecular weight is 821 g/mol. The molecule has 2 nitrogen and oxygen atoms in total. The number of nitrogens with zero attached hydrogens (tertiary/aromatic N) is 2. The fraction of sp³-hybridized carbons (Fsp3) is 0.0323. The highest BCUT2D eigenvalue weighted by Gasteiger charge is 2.48. The smallest absolute Gasteiger partial charge is 0.0715 e. The minimum absolute atomic E-state index is 0. The third-order valence-electron chi connectivity index (χ3n) is 12.5. The monoisotopic (exact) mass is 820 g/mol. The molecule has 0 saturated carbocycles. The van der Waals surface area contributed by atoms with Gasteiger partial charge in [0, 0.05) is 34.0 Å². The van der Waals surface area contributed by atoms with Crippen molar-refractivity contribution >= 4 is 34.1 Å². The van der Waals surface area contributed by atoms with Crippen molar-refractivity contribution in [1.82, 2.24) is 0 Å². The molecule has 0 aromatic heterocycles. The van der Waals surface area contributed by atoms with E-state index in [4.69, 9.17) is 0 Å². The van der Waals surface area contributed by atoms with E-state index in [1.165, 1.54) is 55.6 Å². The molecule has 1 aliphatic rings. The molecule has 1 aliphatic carbocycles. The van der Waals surface area contributed by atoms with Crippen molar-refractivity contribution in [3.63, 3.8) is 0 Å². The Labute approximate surface area is 377 Å². The maximum Gasteiger partial charge on any atom is 0.0715 e. The van der Waals surface area contributed by atoms with Crippen LogP contribution in [0.15, 0.2) is 267 Å². The molecule has 0 heterocycles. The second-order valence-electron chi connectivity index (χ2n) is 16.1. The summed E-state index contributed by atoms with van der Waals surface area (Å²) in [5, 5.41) is 0. The van der Waals surface area contributed by atoms with Crippen molar-refractivity contribution in [3.05, 3.63) is 289 Å². The van der Waals surface area contributed by atoms with Gasteiger partial charge in [-0.05, 0) is 111 Å². The quantitative estimate of drug-likeness (QED) is 0.136. The summed E-state index contributed by atoms with van der Waals surface area (Å²) in [5.74, 6) is 0. The third kappa shape index (κ3) is 6.96. The van der Waals surface area contributed by atoms with E-state index in [1.807, 2.05) is 0 Å². The summed E-state index contributed by atoms with van der Waals surface area (Å²) < 4.78 is 0. The zero-order valence-electron chi connectivity index (χ0n) is 34.8.